The van der Waals surface area contributed by atoms with E-state index in [1.807, 2.05) is 62.4 Å². The first-order valence-corrected chi connectivity index (χ1v) is 8.58. The van der Waals surface area contributed by atoms with Crippen LogP contribution in [-0.4, -0.2) is 26.8 Å². The van der Waals surface area contributed by atoms with Crippen LogP contribution in [0.2, 0.25) is 0 Å². The van der Waals surface area contributed by atoms with Crippen LogP contribution in [0.5, 0.6) is 0 Å². The highest BCUT2D eigenvalue weighted by Crippen LogP contribution is 2.20. The summed E-state index contributed by atoms with van der Waals surface area (Å²) in [6.45, 7) is 3.98. The second kappa shape index (κ2) is 7.31. The first-order valence-electron chi connectivity index (χ1n) is 7.59. The van der Waals surface area contributed by atoms with Gasteiger partial charge in [-0.1, -0.05) is 54.2 Å². The zero-order chi connectivity index (χ0) is 16.9. The Morgan fingerprint density at radius 1 is 1.17 bits per heavy atom. The van der Waals surface area contributed by atoms with E-state index in [9.17, 15) is 4.79 Å². The summed E-state index contributed by atoms with van der Waals surface area (Å²) in [6, 6.07) is 15.8. The van der Waals surface area contributed by atoms with Crippen molar-refractivity contribution in [3.05, 3.63) is 59.7 Å². The SMILES string of the molecule is Cc1ccc(C)c(NC(=O)CSc2n[nH]c(-c3ccccc3)n2)c1. The Morgan fingerprint density at radius 2 is 1.96 bits per heavy atom. The minimum absolute atomic E-state index is 0.0697. The lowest BCUT2D eigenvalue weighted by molar-refractivity contribution is -0.113. The molecule has 2 aromatic carbocycles. The van der Waals surface area contributed by atoms with Gasteiger partial charge >= 0.3 is 0 Å². The molecule has 3 rings (SSSR count). The van der Waals surface area contributed by atoms with E-state index < -0.39 is 0 Å². The van der Waals surface area contributed by atoms with Crippen LogP contribution in [-0.2, 0) is 4.79 Å². The summed E-state index contributed by atoms with van der Waals surface area (Å²) in [5.41, 5.74) is 3.98. The van der Waals surface area contributed by atoms with E-state index in [0.717, 1.165) is 22.4 Å². The molecule has 0 bridgehead atoms. The van der Waals surface area contributed by atoms with Gasteiger partial charge in [0.25, 0.3) is 0 Å². The third-order valence-corrected chi connectivity index (χ3v) is 4.36. The van der Waals surface area contributed by atoms with Crippen LogP contribution in [0.15, 0.2) is 53.7 Å². The van der Waals surface area contributed by atoms with Gasteiger partial charge in [0.2, 0.25) is 11.1 Å². The van der Waals surface area contributed by atoms with Crippen molar-refractivity contribution in [1.82, 2.24) is 15.2 Å². The number of rotatable bonds is 5. The Hall–Kier alpha value is -2.60. The molecule has 2 N–H and O–H groups in total. The zero-order valence-electron chi connectivity index (χ0n) is 13.5. The summed E-state index contributed by atoms with van der Waals surface area (Å²) in [5, 5.41) is 10.5. The number of benzene rings is 2. The molecule has 0 spiro atoms. The van der Waals surface area contributed by atoms with Gasteiger partial charge in [0, 0.05) is 11.3 Å². The average Bonchev–Trinajstić information content (AvgIpc) is 3.06. The summed E-state index contributed by atoms with van der Waals surface area (Å²) < 4.78 is 0. The normalized spacial score (nSPS) is 10.6. The molecule has 0 unspecified atom stereocenters. The number of carbonyl (C=O) groups is 1. The maximum atomic E-state index is 12.1. The predicted octanol–water partition coefficient (Wildman–Crippen LogP) is 3.82. The van der Waals surface area contributed by atoms with E-state index in [-0.39, 0.29) is 11.7 Å². The quantitative estimate of drug-likeness (QED) is 0.694. The number of nitrogens with zero attached hydrogens (tertiary/aromatic N) is 2. The highest BCUT2D eigenvalue weighted by molar-refractivity contribution is 7.99. The van der Waals surface area contributed by atoms with Crippen LogP contribution >= 0.6 is 11.8 Å². The minimum atomic E-state index is -0.0697. The number of hydrogen-bond donors (Lipinski definition) is 2. The molecule has 5 nitrogen and oxygen atoms in total. The molecule has 0 saturated heterocycles. The van der Waals surface area contributed by atoms with Crippen LogP contribution < -0.4 is 5.32 Å². The van der Waals surface area contributed by atoms with Crippen LogP contribution in [0.25, 0.3) is 11.4 Å². The molecule has 1 amide bonds. The second-order valence-corrected chi connectivity index (χ2v) is 6.43. The maximum Gasteiger partial charge on any atom is 0.234 e. The molecule has 0 atom stereocenters. The number of nitrogens with one attached hydrogen (secondary N) is 2. The highest BCUT2D eigenvalue weighted by Gasteiger charge is 2.10. The summed E-state index contributed by atoms with van der Waals surface area (Å²) in [5.74, 6) is 0.896. The van der Waals surface area contributed by atoms with Gasteiger partial charge in [-0.25, -0.2) is 4.98 Å². The van der Waals surface area contributed by atoms with E-state index in [1.54, 1.807) is 0 Å². The fourth-order valence-electron chi connectivity index (χ4n) is 2.22. The first kappa shape index (κ1) is 16.3. The molecule has 0 aliphatic rings. The van der Waals surface area contributed by atoms with Crippen molar-refractivity contribution in [2.75, 3.05) is 11.1 Å². The molecule has 1 heterocycles. The Morgan fingerprint density at radius 3 is 2.75 bits per heavy atom. The smallest absolute Gasteiger partial charge is 0.234 e. The molecule has 1 aromatic heterocycles. The van der Waals surface area contributed by atoms with Gasteiger partial charge in [-0.2, -0.15) is 0 Å². The summed E-state index contributed by atoms with van der Waals surface area (Å²) in [4.78, 5) is 16.5. The first-order chi connectivity index (χ1) is 11.6. The molecule has 122 valence electrons. The molecule has 0 fully saturated rings. The van der Waals surface area contributed by atoms with Crippen molar-refractivity contribution in [2.45, 2.75) is 19.0 Å². The molecule has 24 heavy (non-hydrogen) atoms. The van der Waals surface area contributed by atoms with Gasteiger partial charge in [-0.3, -0.25) is 9.89 Å². The Balaban J connectivity index is 1.59. The topological polar surface area (TPSA) is 70.7 Å². The lowest BCUT2D eigenvalue weighted by atomic mass is 10.1. The van der Waals surface area contributed by atoms with E-state index in [2.05, 4.69) is 20.5 Å². The molecule has 3 aromatic rings. The minimum Gasteiger partial charge on any atom is -0.325 e. The monoisotopic (exact) mass is 338 g/mol. The van der Waals surface area contributed by atoms with E-state index in [1.165, 1.54) is 11.8 Å². The molecule has 0 saturated carbocycles. The van der Waals surface area contributed by atoms with E-state index in [4.69, 9.17) is 0 Å². The van der Waals surface area contributed by atoms with Crippen LogP contribution in [0.4, 0.5) is 5.69 Å². The molecule has 0 aliphatic heterocycles. The van der Waals surface area contributed by atoms with Gasteiger partial charge in [0.15, 0.2) is 5.82 Å². The standard InChI is InChI=1S/C18H18N4OS/c1-12-8-9-13(2)15(10-12)19-16(23)11-24-18-20-17(21-22-18)14-6-4-3-5-7-14/h3-10H,11H2,1-2H3,(H,19,23)(H,20,21,22). The number of anilines is 1. The van der Waals surface area contributed by atoms with Crippen molar-refractivity contribution in [3.8, 4) is 11.4 Å². The van der Waals surface area contributed by atoms with Crippen LogP contribution in [0.1, 0.15) is 11.1 Å². The summed E-state index contributed by atoms with van der Waals surface area (Å²) >= 11 is 1.31. The Bertz CT molecular complexity index is 845. The molecular formula is C18H18N4OS. The predicted molar refractivity (Wildman–Crippen MR) is 97.1 cm³/mol. The number of aryl methyl sites for hydroxylation is 2. The van der Waals surface area contributed by atoms with Gasteiger partial charge in [-0.05, 0) is 31.0 Å². The molecule has 0 radical (unpaired) electrons. The fraction of sp³-hybridized carbons (Fsp3) is 0.167. The lowest BCUT2D eigenvalue weighted by Gasteiger charge is -2.08. The van der Waals surface area contributed by atoms with Gasteiger partial charge < -0.3 is 5.32 Å². The van der Waals surface area contributed by atoms with Crippen molar-refractivity contribution in [1.29, 1.82) is 0 Å². The zero-order valence-corrected chi connectivity index (χ0v) is 14.4. The van der Waals surface area contributed by atoms with E-state index in [0.29, 0.717) is 11.0 Å². The molecule has 0 aliphatic carbocycles. The lowest BCUT2D eigenvalue weighted by Crippen LogP contribution is -2.15. The van der Waals surface area contributed by atoms with Crippen molar-refractivity contribution in [3.63, 3.8) is 0 Å². The van der Waals surface area contributed by atoms with Crippen molar-refractivity contribution < 1.29 is 4.79 Å². The average molecular weight is 338 g/mol. The van der Waals surface area contributed by atoms with E-state index >= 15 is 0 Å². The highest BCUT2D eigenvalue weighted by atomic mass is 32.2. The number of H-pyrrole nitrogens is 1. The third kappa shape index (κ3) is 4.02. The summed E-state index contributed by atoms with van der Waals surface area (Å²) in [7, 11) is 0. The van der Waals surface area contributed by atoms with Crippen molar-refractivity contribution in [2.24, 2.45) is 0 Å². The van der Waals surface area contributed by atoms with Gasteiger partial charge in [0.1, 0.15) is 0 Å². The number of thioether (sulfide) groups is 1. The Kier molecular flexibility index (Phi) is 4.96. The number of aromatic amines is 1. The maximum absolute atomic E-state index is 12.1. The molecular weight excluding hydrogens is 320 g/mol. The number of amides is 1. The molecule has 6 heteroatoms. The second-order valence-electron chi connectivity index (χ2n) is 5.49. The van der Waals surface area contributed by atoms with Gasteiger partial charge in [-0.15, -0.1) is 5.10 Å². The number of hydrogen-bond acceptors (Lipinski definition) is 4. The summed E-state index contributed by atoms with van der Waals surface area (Å²) in [6.07, 6.45) is 0. The fourth-order valence-corrected chi connectivity index (χ4v) is 2.82. The largest absolute Gasteiger partial charge is 0.325 e. The van der Waals surface area contributed by atoms with Crippen LogP contribution in [0.3, 0.4) is 0 Å². The third-order valence-electron chi connectivity index (χ3n) is 3.51. The number of aromatic nitrogens is 3. The number of carbonyl (C=O) groups excluding carboxylic acids is 1. The van der Waals surface area contributed by atoms with Crippen LogP contribution in [0, 0.1) is 13.8 Å². The van der Waals surface area contributed by atoms with Gasteiger partial charge in [0.05, 0.1) is 5.75 Å². The Labute approximate surface area is 144 Å². The van der Waals surface area contributed by atoms with Crippen molar-refractivity contribution >= 4 is 23.4 Å².